The summed E-state index contributed by atoms with van der Waals surface area (Å²) in [4.78, 5) is 11.2. The van der Waals surface area contributed by atoms with Crippen molar-refractivity contribution in [3.8, 4) is 0 Å². The Morgan fingerprint density at radius 3 is 2.52 bits per heavy atom. The molecule has 0 amide bonds. The van der Waals surface area contributed by atoms with Gasteiger partial charge >= 0.3 is 0 Å². The van der Waals surface area contributed by atoms with Crippen molar-refractivity contribution in [2.75, 3.05) is 16.8 Å². The van der Waals surface area contributed by atoms with Gasteiger partial charge in [-0.15, -0.1) is 0 Å². The summed E-state index contributed by atoms with van der Waals surface area (Å²) < 4.78 is 13.3. The fourth-order valence-corrected chi connectivity index (χ4v) is 2.69. The molecule has 0 radical (unpaired) electrons. The molecule has 2 aromatic carbocycles. The maximum atomic E-state index is 13.3. The van der Waals surface area contributed by atoms with Gasteiger partial charge in [-0.3, -0.25) is 0 Å². The number of hydrogen-bond donors (Lipinski definition) is 1. The molecule has 0 bridgehead atoms. The molecule has 0 fully saturated rings. The summed E-state index contributed by atoms with van der Waals surface area (Å²) in [7, 11) is 0. The van der Waals surface area contributed by atoms with E-state index >= 15 is 0 Å². The van der Waals surface area contributed by atoms with Gasteiger partial charge < -0.3 is 10.2 Å². The molecule has 0 saturated heterocycles. The Morgan fingerprint density at radius 2 is 1.84 bits per heavy atom. The largest absolute Gasteiger partial charge is 0.340 e. The minimum absolute atomic E-state index is 0.0653. The van der Waals surface area contributed by atoms with Gasteiger partial charge in [-0.2, -0.15) is 4.98 Å². The van der Waals surface area contributed by atoms with Crippen molar-refractivity contribution in [2.45, 2.75) is 13.8 Å². The lowest BCUT2D eigenvalue weighted by Gasteiger charge is -2.22. The van der Waals surface area contributed by atoms with Crippen LogP contribution in [0.1, 0.15) is 12.6 Å². The Hall–Kier alpha value is -2.66. The van der Waals surface area contributed by atoms with Crippen LogP contribution in [0.5, 0.6) is 0 Å². The van der Waals surface area contributed by atoms with Crippen LogP contribution < -0.4 is 10.2 Å². The van der Waals surface area contributed by atoms with Crippen LogP contribution in [0.25, 0.3) is 0 Å². The number of halogens is 2. The van der Waals surface area contributed by atoms with E-state index in [-0.39, 0.29) is 5.02 Å². The molecule has 0 aliphatic carbocycles. The van der Waals surface area contributed by atoms with E-state index in [2.05, 4.69) is 15.3 Å². The summed E-state index contributed by atoms with van der Waals surface area (Å²) in [5.41, 5.74) is 2.51. The molecule has 0 aliphatic heterocycles. The highest BCUT2D eigenvalue weighted by Crippen LogP contribution is 2.26. The van der Waals surface area contributed by atoms with E-state index in [1.54, 1.807) is 6.07 Å². The van der Waals surface area contributed by atoms with E-state index in [0.717, 1.165) is 17.9 Å². The molecule has 0 saturated carbocycles. The van der Waals surface area contributed by atoms with Crippen LogP contribution in [0.2, 0.25) is 5.02 Å². The van der Waals surface area contributed by atoms with Crippen molar-refractivity contribution in [3.63, 3.8) is 0 Å². The number of nitrogens with zero attached hydrogens (tertiary/aromatic N) is 3. The smallest absolute Gasteiger partial charge is 0.232 e. The first-order valence-electron chi connectivity index (χ1n) is 7.97. The summed E-state index contributed by atoms with van der Waals surface area (Å²) >= 11 is 5.84. The molecule has 128 valence electrons. The van der Waals surface area contributed by atoms with Gasteiger partial charge in [-0.25, -0.2) is 9.37 Å². The van der Waals surface area contributed by atoms with Crippen LogP contribution >= 0.6 is 11.6 Å². The number of rotatable bonds is 5. The van der Waals surface area contributed by atoms with Crippen LogP contribution in [0.15, 0.2) is 54.6 Å². The highest BCUT2D eigenvalue weighted by atomic mass is 35.5. The van der Waals surface area contributed by atoms with Crippen molar-refractivity contribution in [1.29, 1.82) is 0 Å². The Kier molecular flexibility index (Phi) is 5.14. The number of aromatic nitrogens is 2. The molecular weight excluding hydrogens is 339 g/mol. The summed E-state index contributed by atoms with van der Waals surface area (Å²) in [6, 6.07) is 16.3. The first kappa shape index (κ1) is 17.2. The molecule has 1 N–H and O–H groups in total. The maximum Gasteiger partial charge on any atom is 0.232 e. The Balaban J connectivity index is 1.93. The second-order valence-electron chi connectivity index (χ2n) is 5.53. The maximum absolute atomic E-state index is 13.3. The zero-order chi connectivity index (χ0) is 17.8. The highest BCUT2D eigenvalue weighted by Gasteiger charge is 2.12. The number of hydrogen-bond acceptors (Lipinski definition) is 4. The molecule has 1 aromatic heterocycles. The van der Waals surface area contributed by atoms with Gasteiger partial charge in [0.05, 0.1) is 5.02 Å². The minimum Gasteiger partial charge on any atom is -0.340 e. The second-order valence-corrected chi connectivity index (χ2v) is 5.94. The van der Waals surface area contributed by atoms with Gasteiger partial charge in [-0.1, -0.05) is 29.8 Å². The lowest BCUT2D eigenvalue weighted by Crippen LogP contribution is -2.19. The fraction of sp³-hybridized carbons (Fsp3) is 0.158. The zero-order valence-corrected chi connectivity index (χ0v) is 14.8. The Bertz CT molecular complexity index is 871. The summed E-state index contributed by atoms with van der Waals surface area (Å²) in [5, 5.41) is 3.22. The van der Waals surface area contributed by atoms with Crippen molar-refractivity contribution < 1.29 is 4.39 Å². The molecule has 0 spiro atoms. The predicted octanol–water partition coefficient (Wildman–Crippen LogP) is 5.48. The van der Waals surface area contributed by atoms with Gasteiger partial charge in [0.1, 0.15) is 11.6 Å². The highest BCUT2D eigenvalue weighted by molar-refractivity contribution is 6.31. The summed E-state index contributed by atoms with van der Waals surface area (Å²) in [6.07, 6.45) is 0. The zero-order valence-electron chi connectivity index (χ0n) is 14.0. The van der Waals surface area contributed by atoms with E-state index in [1.165, 1.54) is 12.1 Å². The Morgan fingerprint density at radius 1 is 1.08 bits per heavy atom. The third kappa shape index (κ3) is 4.06. The molecular formula is C19H18ClFN4. The molecule has 1 heterocycles. The van der Waals surface area contributed by atoms with Crippen LogP contribution in [0, 0.1) is 12.7 Å². The monoisotopic (exact) mass is 356 g/mol. The second kappa shape index (κ2) is 7.49. The van der Waals surface area contributed by atoms with Crippen molar-refractivity contribution >= 4 is 34.7 Å². The van der Waals surface area contributed by atoms with E-state index in [0.29, 0.717) is 17.5 Å². The predicted molar refractivity (Wildman–Crippen MR) is 101 cm³/mol. The summed E-state index contributed by atoms with van der Waals surface area (Å²) in [6.45, 7) is 4.69. The van der Waals surface area contributed by atoms with E-state index in [1.807, 2.05) is 55.1 Å². The fourth-order valence-electron chi connectivity index (χ4n) is 2.51. The SMILES string of the molecule is CCN(c1ccccc1)c1nc(C)cc(Nc2ccc(F)c(Cl)c2)n1. The van der Waals surface area contributed by atoms with Gasteiger partial charge in [0, 0.05) is 29.7 Å². The van der Waals surface area contributed by atoms with Crippen molar-refractivity contribution in [1.82, 2.24) is 9.97 Å². The lowest BCUT2D eigenvalue weighted by atomic mass is 10.3. The minimum atomic E-state index is -0.451. The van der Waals surface area contributed by atoms with Crippen LogP contribution in [-0.4, -0.2) is 16.5 Å². The molecule has 3 rings (SSSR count). The van der Waals surface area contributed by atoms with Gasteiger partial charge in [0.2, 0.25) is 5.95 Å². The first-order valence-corrected chi connectivity index (χ1v) is 8.35. The third-order valence-electron chi connectivity index (χ3n) is 3.66. The van der Waals surface area contributed by atoms with E-state index in [9.17, 15) is 4.39 Å². The van der Waals surface area contributed by atoms with Crippen LogP contribution in [-0.2, 0) is 0 Å². The molecule has 0 atom stereocenters. The number of para-hydroxylation sites is 1. The molecule has 0 aliphatic rings. The van der Waals surface area contributed by atoms with Crippen molar-refractivity contribution in [3.05, 3.63) is 71.1 Å². The molecule has 4 nitrogen and oxygen atoms in total. The van der Waals surface area contributed by atoms with Crippen LogP contribution in [0.3, 0.4) is 0 Å². The number of aryl methyl sites for hydroxylation is 1. The Labute approximate surface area is 151 Å². The van der Waals surface area contributed by atoms with Gasteiger partial charge in [0.15, 0.2) is 0 Å². The van der Waals surface area contributed by atoms with Gasteiger partial charge in [0.25, 0.3) is 0 Å². The molecule has 6 heteroatoms. The average molecular weight is 357 g/mol. The van der Waals surface area contributed by atoms with Crippen LogP contribution in [0.4, 0.5) is 27.5 Å². The molecule has 3 aromatic rings. The van der Waals surface area contributed by atoms with E-state index < -0.39 is 5.82 Å². The van der Waals surface area contributed by atoms with E-state index in [4.69, 9.17) is 11.6 Å². The summed E-state index contributed by atoms with van der Waals surface area (Å²) in [5.74, 6) is 0.775. The third-order valence-corrected chi connectivity index (χ3v) is 3.95. The normalized spacial score (nSPS) is 10.6. The quantitative estimate of drug-likeness (QED) is 0.657. The standard InChI is InChI=1S/C19H18ClFN4/c1-3-25(15-7-5-4-6-8-15)19-22-13(2)11-18(24-19)23-14-9-10-17(21)16(20)12-14/h4-12H,3H2,1-2H3,(H,22,23,24). The number of anilines is 4. The van der Waals surface area contributed by atoms with Gasteiger partial charge in [-0.05, 0) is 44.2 Å². The first-order chi connectivity index (χ1) is 12.1. The lowest BCUT2D eigenvalue weighted by molar-refractivity contribution is 0.628. The average Bonchev–Trinajstić information content (AvgIpc) is 2.59. The molecule has 25 heavy (non-hydrogen) atoms. The molecule has 0 unspecified atom stereocenters. The number of benzene rings is 2. The number of nitrogens with one attached hydrogen (secondary N) is 1. The topological polar surface area (TPSA) is 41.1 Å². The van der Waals surface area contributed by atoms with Crippen molar-refractivity contribution in [2.24, 2.45) is 0 Å².